The maximum absolute atomic E-state index is 12.6. The molecule has 2 amide bonds. The second kappa shape index (κ2) is 12.3. The Morgan fingerprint density at radius 1 is 1.28 bits per heavy atom. The molecule has 32 heavy (non-hydrogen) atoms. The molecule has 0 radical (unpaired) electrons. The molecule has 6 nitrogen and oxygen atoms in total. The van der Waals surface area contributed by atoms with Crippen LogP contribution in [-0.4, -0.2) is 54.5 Å². The van der Waals surface area contributed by atoms with Gasteiger partial charge in [-0.3, -0.25) is 9.59 Å². The molecular formula is C24H32ClN3O3S. The van der Waals surface area contributed by atoms with Gasteiger partial charge in [-0.25, -0.2) is 4.98 Å². The minimum atomic E-state index is -0.135. The first kappa shape index (κ1) is 24.7. The van der Waals surface area contributed by atoms with Gasteiger partial charge in [0.05, 0.1) is 11.4 Å². The highest BCUT2D eigenvalue weighted by molar-refractivity contribution is 7.09. The first-order valence-electron chi connectivity index (χ1n) is 11.3. The Labute approximate surface area is 199 Å². The molecule has 0 spiro atoms. The van der Waals surface area contributed by atoms with Gasteiger partial charge in [0, 0.05) is 49.2 Å². The molecule has 2 heterocycles. The summed E-state index contributed by atoms with van der Waals surface area (Å²) in [7, 11) is 0. The number of rotatable bonds is 10. The van der Waals surface area contributed by atoms with Crippen LogP contribution < -0.4 is 5.32 Å². The van der Waals surface area contributed by atoms with Crippen LogP contribution in [0.3, 0.4) is 0 Å². The quantitative estimate of drug-likeness (QED) is 0.510. The lowest BCUT2D eigenvalue weighted by atomic mass is 9.97. The molecule has 1 N–H and O–H groups in total. The van der Waals surface area contributed by atoms with Gasteiger partial charge in [0.2, 0.25) is 5.91 Å². The number of ether oxygens (including phenoxy) is 1. The smallest absolute Gasteiger partial charge is 0.270 e. The van der Waals surface area contributed by atoms with Gasteiger partial charge >= 0.3 is 0 Å². The van der Waals surface area contributed by atoms with E-state index in [1.807, 2.05) is 34.5 Å². The van der Waals surface area contributed by atoms with E-state index in [1.54, 1.807) is 0 Å². The second-order valence-electron chi connectivity index (χ2n) is 8.57. The summed E-state index contributed by atoms with van der Waals surface area (Å²) in [5.41, 5.74) is 1.34. The number of piperidine rings is 1. The van der Waals surface area contributed by atoms with Crippen molar-refractivity contribution in [2.75, 3.05) is 32.8 Å². The monoisotopic (exact) mass is 477 g/mol. The lowest BCUT2D eigenvalue weighted by Crippen LogP contribution is -2.38. The predicted octanol–water partition coefficient (Wildman–Crippen LogP) is 4.54. The number of nitrogens with zero attached hydrogens (tertiary/aromatic N) is 2. The largest absolute Gasteiger partial charge is 0.381 e. The van der Waals surface area contributed by atoms with Crippen molar-refractivity contribution < 1.29 is 14.3 Å². The highest BCUT2D eigenvalue weighted by Gasteiger charge is 2.26. The van der Waals surface area contributed by atoms with Crippen molar-refractivity contribution in [1.82, 2.24) is 15.2 Å². The van der Waals surface area contributed by atoms with E-state index in [2.05, 4.69) is 24.1 Å². The first-order valence-corrected chi connectivity index (χ1v) is 12.5. The average molecular weight is 478 g/mol. The lowest BCUT2D eigenvalue weighted by Gasteiger charge is -2.31. The first-order chi connectivity index (χ1) is 15.4. The number of nitrogens with one attached hydrogen (secondary N) is 1. The fourth-order valence-corrected chi connectivity index (χ4v) is 4.83. The molecule has 1 saturated heterocycles. The van der Waals surface area contributed by atoms with E-state index < -0.39 is 0 Å². The third kappa shape index (κ3) is 7.29. The van der Waals surface area contributed by atoms with Crippen molar-refractivity contribution in [1.29, 1.82) is 0 Å². The Balaban J connectivity index is 1.41. The maximum atomic E-state index is 12.6. The third-order valence-corrected chi connectivity index (χ3v) is 6.83. The van der Waals surface area contributed by atoms with E-state index in [-0.39, 0.29) is 17.7 Å². The third-order valence-electron chi connectivity index (χ3n) is 5.45. The molecule has 0 unspecified atom stereocenters. The molecule has 1 aromatic carbocycles. The van der Waals surface area contributed by atoms with Gasteiger partial charge in [-0.15, -0.1) is 11.3 Å². The van der Waals surface area contributed by atoms with Gasteiger partial charge in [0.15, 0.2) is 0 Å². The highest BCUT2D eigenvalue weighted by Crippen LogP contribution is 2.30. The summed E-state index contributed by atoms with van der Waals surface area (Å²) in [5.74, 6) is 0.776. The van der Waals surface area contributed by atoms with Gasteiger partial charge < -0.3 is 15.0 Å². The Hall–Kier alpha value is -1.96. The van der Waals surface area contributed by atoms with Gasteiger partial charge in [-0.1, -0.05) is 43.6 Å². The van der Waals surface area contributed by atoms with Gasteiger partial charge in [-0.2, -0.15) is 0 Å². The molecule has 2 aromatic rings. The number of aromatic nitrogens is 1. The van der Waals surface area contributed by atoms with Crippen molar-refractivity contribution >= 4 is 34.8 Å². The molecular weight excluding hydrogens is 446 g/mol. The van der Waals surface area contributed by atoms with Crippen LogP contribution in [0.25, 0.3) is 0 Å². The normalized spacial score (nSPS) is 14.7. The second-order valence-corrected chi connectivity index (χ2v) is 9.87. The van der Waals surface area contributed by atoms with E-state index in [1.165, 1.54) is 11.3 Å². The number of benzene rings is 1. The van der Waals surface area contributed by atoms with E-state index >= 15 is 0 Å². The summed E-state index contributed by atoms with van der Waals surface area (Å²) in [4.78, 5) is 31.5. The summed E-state index contributed by atoms with van der Waals surface area (Å²) in [5, 5.41) is 6.35. The number of hydrogen-bond donors (Lipinski definition) is 1. The Morgan fingerprint density at radius 3 is 2.75 bits per heavy atom. The van der Waals surface area contributed by atoms with E-state index in [0.29, 0.717) is 49.3 Å². The molecule has 0 bridgehead atoms. The Bertz CT molecular complexity index is 894. The minimum absolute atomic E-state index is 0.105. The SMILES string of the molecule is CC(C)COCCCNC(=O)c1csc(C2CCN(C(=O)Cc3ccccc3Cl)CC2)n1. The van der Waals surface area contributed by atoms with Crippen molar-refractivity contribution in [3.8, 4) is 0 Å². The van der Waals surface area contributed by atoms with Crippen LogP contribution in [0, 0.1) is 5.92 Å². The topological polar surface area (TPSA) is 71.5 Å². The molecule has 1 aromatic heterocycles. The fourth-order valence-electron chi connectivity index (χ4n) is 3.66. The maximum Gasteiger partial charge on any atom is 0.270 e. The van der Waals surface area contributed by atoms with Crippen LogP contribution in [0.2, 0.25) is 5.02 Å². The standard InChI is InChI=1S/C24H32ClN3O3S/c1-17(2)15-31-13-5-10-26-23(30)21-16-32-24(27-21)18-8-11-28(12-9-18)22(29)14-19-6-3-4-7-20(19)25/h3-4,6-7,16-18H,5,8-15H2,1-2H3,(H,26,30). The highest BCUT2D eigenvalue weighted by atomic mass is 35.5. The number of halogens is 1. The van der Waals surface area contributed by atoms with Crippen LogP contribution >= 0.6 is 22.9 Å². The summed E-state index contributed by atoms with van der Waals surface area (Å²) in [6.07, 6.45) is 2.83. The minimum Gasteiger partial charge on any atom is -0.381 e. The molecule has 3 rings (SSSR count). The molecule has 0 aliphatic carbocycles. The van der Waals surface area contributed by atoms with Gasteiger partial charge in [0.25, 0.3) is 5.91 Å². The average Bonchev–Trinajstić information content (AvgIpc) is 3.28. The Morgan fingerprint density at radius 2 is 2.03 bits per heavy atom. The summed E-state index contributed by atoms with van der Waals surface area (Å²) in [6, 6.07) is 7.48. The number of amides is 2. The summed E-state index contributed by atoms with van der Waals surface area (Å²) >= 11 is 7.72. The zero-order valence-corrected chi connectivity index (χ0v) is 20.4. The number of thiazole rings is 1. The van der Waals surface area contributed by atoms with Crippen molar-refractivity contribution in [3.63, 3.8) is 0 Å². The zero-order chi connectivity index (χ0) is 22.9. The van der Waals surface area contributed by atoms with E-state index in [0.717, 1.165) is 36.4 Å². The van der Waals surface area contributed by atoms with Crippen LogP contribution in [0.15, 0.2) is 29.6 Å². The molecule has 0 atom stereocenters. The van der Waals surface area contributed by atoms with E-state index in [4.69, 9.17) is 16.3 Å². The van der Waals surface area contributed by atoms with Crippen molar-refractivity contribution in [2.45, 2.75) is 45.4 Å². The van der Waals surface area contributed by atoms with Crippen LogP contribution in [0.5, 0.6) is 0 Å². The number of carbonyl (C=O) groups is 2. The van der Waals surface area contributed by atoms with Crippen LogP contribution in [0.4, 0.5) is 0 Å². The summed E-state index contributed by atoms with van der Waals surface area (Å²) < 4.78 is 5.53. The number of carbonyl (C=O) groups excluding carboxylic acids is 2. The molecule has 0 saturated carbocycles. The fraction of sp³-hybridized carbons (Fsp3) is 0.542. The Kier molecular flexibility index (Phi) is 9.51. The summed E-state index contributed by atoms with van der Waals surface area (Å²) in [6.45, 7) is 7.60. The number of hydrogen-bond acceptors (Lipinski definition) is 5. The molecule has 1 aliphatic heterocycles. The molecule has 8 heteroatoms. The zero-order valence-electron chi connectivity index (χ0n) is 18.8. The van der Waals surface area contributed by atoms with E-state index in [9.17, 15) is 9.59 Å². The van der Waals surface area contributed by atoms with Gasteiger partial charge in [-0.05, 0) is 36.8 Å². The lowest BCUT2D eigenvalue weighted by molar-refractivity contribution is -0.131. The van der Waals surface area contributed by atoms with Crippen molar-refractivity contribution in [3.05, 3.63) is 50.9 Å². The predicted molar refractivity (Wildman–Crippen MR) is 128 cm³/mol. The molecule has 174 valence electrons. The van der Waals surface area contributed by atoms with Gasteiger partial charge in [0.1, 0.15) is 5.69 Å². The number of likely N-dealkylation sites (tertiary alicyclic amines) is 1. The van der Waals surface area contributed by atoms with Crippen LogP contribution in [-0.2, 0) is 16.0 Å². The molecule has 1 aliphatic rings. The van der Waals surface area contributed by atoms with Crippen LogP contribution in [0.1, 0.15) is 60.1 Å². The molecule has 1 fully saturated rings. The van der Waals surface area contributed by atoms with Crippen molar-refractivity contribution in [2.24, 2.45) is 5.92 Å².